The van der Waals surface area contributed by atoms with Crippen LogP contribution < -0.4 is 10.9 Å². The highest BCUT2D eigenvalue weighted by Crippen LogP contribution is 2.13. The average molecular weight is 224 g/mol. The molecule has 0 heterocycles. The molecule has 0 bridgehead atoms. The van der Waals surface area contributed by atoms with Crippen LogP contribution in [0.25, 0.3) is 0 Å². The number of carbonyl (C=O) groups excluding carboxylic acids is 2. The van der Waals surface area contributed by atoms with Crippen molar-refractivity contribution in [2.75, 3.05) is 10.8 Å². The monoisotopic (exact) mass is 224 g/mol. The summed E-state index contributed by atoms with van der Waals surface area (Å²) in [4.78, 5) is 22.2. The third kappa shape index (κ3) is 2.81. The number of Topliss-reactive ketones (excluding diaryl/α,β-unsaturated/α-hetero) is 1. The topological polar surface area (TPSA) is 63.4 Å². The minimum atomic E-state index is -0.261. The first-order valence-corrected chi connectivity index (χ1v) is 4.99. The smallest absolute Gasteiger partial charge is 0.238 e. The summed E-state index contributed by atoms with van der Waals surface area (Å²) in [6.07, 6.45) is 0. The van der Waals surface area contributed by atoms with Crippen molar-refractivity contribution in [1.29, 1.82) is 0 Å². The molecule has 0 aliphatic carbocycles. The third-order valence-electron chi connectivity index (χ3n) is 1.95. The molecule has 15 heavy (non-hydrogen) atoms. The number of thiol groups is 1. The Morgan fingerprint density at radius 1 is 1.33 bits per heavy atom. The van der Waals surface area contributed by atoms with Crippen molar-refractivity contribution in [3.63, 3.8) is 0 Å². The van der Waals surface area contributed by atoms with E-state index in [4.69, 9.17) is 5.84 Å². The van der Waals surface area contributed by atoms with Gasteiger partial charge in [0.25, 0.3) is 0 Å². The highest BCUT2D eigenvalue weighted by molar-refractivity contribution is 7.81. The molecule has 1 aromatic carbocycles. The van der Waals surface area contributed by atoms with Gasteiger partial charge in [0.2, 0.25) is 5.91 Å². The number of amides is 1. The Balaban J connectivity index is 2.90. The van der Waals surface area contributed by atoms with Crippen LogP contribution in [0.1, 0.15) is 17.3 Å². The van der Waals surface area contributed by atoms with Crippen LogP contribution in [-0.4, -0.2) is 17.4 Å². The number of anilines is 1. The Kier molecular flexibility index (Phi) is 3.88. The van der Waals surface area contributed by atoms with Crippen LogP contribution in [0.3, 0.4) is 0 Å². The third-order valence-corrected chi connectivity index (χ3v) is 2.24. The molecule has 0 radical (unpaired) electrons. The molecule has 0 fully saturated rings. The second-order valence-corrected chi connectivity index (χ2v) is 3.33. The van der Waals surface area contributed by atoms with Crippen molar-refractivity contribution in [3.05, 3.63) is 29.8 Å². The predicted molar refractivity (Wildman–Crippen MR) is 62.0 cm³/mol. The van der Waals surface area contributed by atoms with E-state index in [1.54, 1.807) is 24.3 Å². The number of carbonyl (C=O) groups is 2. The molecule has 4 nitrogen and oxygen atoms in total. The maximum Gasteiger partial charge on any atom is 0.238 e. The molecule has 0 unspecified atom stereocenters. The fourth-order valence-corrected chi connectivity index (χ4v) is 1.26. The molecule has 0 atom stereocenters. The largest absolute Gasteiger partial charge is 0.293 e. The van der Waals surface area contributed by atoms with Gasteiger partial charge in [0.15, 0.2) is 5.78 Å². The van der Waals surface area contributed by atoms with E-state index in [-0.39, 0.29) is 17.4 Å². The zero-order chi connectivity index (χ0) is 11.4. The van der Waals surface area contributed by atoms with Crippen molar-refractivity contribution in [3.8, 4) is 0 Å². The van der Waals surface area contributed by atoms with Crippen molar-refractivity contribution >= 4 is 30.0 Å². The Morgan fingerprint density at radius 3 is 2.27 bits per heavy atom. The van der Waals surface area contributed by atoms with Crippen LogP contribution in [-0.2, 0) is 4.79 Å². The van der Waals surface area contributed by atoms with E-state index in [0.29, 0.717) is 11.3 Å². The van der Waals surface area contributed by atoms with Gasteiger partial charge in [-0.3, -0.25) is 9.59 Å². The molecule has 0 aromatic heterocycles. The maximum absolute atomic E-state index is 11.2. The Labute approximate surface area is 93.4 Å². The van der Waals surface area contributed by atoms with Crippen LogP contribution >= 0.6 is 12.6 Å². The number of ketones is 1. The lowest BCUT2D eigenvalue weighted by atomic mass is 10.1. The number of rotatable bonds is 3. The number of hydrogen-bond donors (Lipinski definition) is 2. The van der Waals surface area contributed by atoms with Gasteiger partial charge in [-0.05, 0) is 24.3 Å². The van der Waals surface area contributed by atoms with E-state index in [9.17, 15) is 9.59 Å². The van der Waals surface area contributed by atoms with Crippen LogP contribution in [0, 0.1) is 0 Å². The van der Waals surface area contributed by atoms with Gasteiger partial charge in [0.1, 0.15) is 0 Å². The molecule has 1 amide bonds. The van der Waals surface area contributed by atoms with Gasteiger partial charge >= 0.3 is 0 Å². The molecule has 0 aliphatic heterocycles. The fourth-order valence-electron chi connectivity index (χ4n) is 1.08. The number of benzene rings is 1. The summed E-state index contributed by atoms with van der Waals surface area (Å²) in [6.45, 7) is 1.37. The minimum absolute atomic E-state index is 0.0590. The molecule has 0 saturated heterocycles. The van der Waals surface area contributed by atoms with Gasteiger partial charge < -0.3 is 0 Å². The van der Waals surface area contributed by atoms with E-state index < -0.39 is 0 Å². The molecule has 80 valence electrons. The second-order valence-electron chi connectivity index (χ2n) is 3.02. The molecule has 2 N–H and O–H groups in total. The number of hydrogen-bond acceptors (Lipinski definition) is 4. The molecule has 1 rings (SSSR count). The lowest BCUT2D eigenvalue weighted by Gasteiger charge is -2.14. The van der Waals surface area contributed by atoms with Crippen molar-refractivity contribution in [1.82, 2.24) is 0 Å². The second kappa shape index (κ2) is 4.95. The van der Waals surface area contributed by atoms with Gasteiger partial charge in [0, 0.05) is 12.5 Å². The molecular weight excluding hydrogens is 212 g/mol. The minimum Gasteiger partial charge on any atom is -0.293 e. The predicted octanol–water partition coefficient (Wildman–Crippen LogP) is 1.03. The highest BCUT2D eigenvalue weighted by atomic mass is 32.1. The van der Waals surface area contributed by atoms with Gasteiger partial charge in [-0.2, -0.15) is 12.6 Å². The van der Waals surface area contributed by atoms with Crippen LogP contribution in [0.4, 0.5) is 5.69 Å². The van der Waals surface area contributed by atoms with Crippen molar-refractivity contribution in [2.45, 2.75) is 6.92 Å². The average Bonchev–Trinajstić information content (AvgIpc) is 2.27. The summed E-state index contributed by atoms with van der Waals surface area (Å²) in [5.74, 6) is 5.33. The zero-order valence-electron chi connectivity index (χ0n) is 8.30. The molecule has 5 heteroatoms. The first-order chi connectivity index (χ1) is 7.06. The summed E-state index contributed by atoms with van der Waals surface area (Å²) >= 11 is 3.89. The summed E-state index contributed by atoms with van der Waals surface area (Å²) in [6, 6.07) is 6.49. The number of nitrogens with two attached hydrogens (primary N) is 1. The van der Waals surface area contributed by atoms with Crippen LogP contribution in [0.5, 0.6) is 0 Å². The molecular formula is C10H12N2O2S. The SMILES string of the molecule is CC(=O)N(N)c1ccc(C(=O)CS)cc1. The quantitative estimate of drug-likeness (QED) is 0.265. The Hall–Kier alpha value is -1.33. The first kappa shape index (κ1) is 11.7. The first-order valence-electron chi connectivity index (χ1n) is 4.35. The highest BCUT2D eigenvalue weighted by Gasteiger charge is 2.07. The van der Waals surface area contributed by atoms with Gasteiger partial charge in [-0.1, -0.05) is 0 Å². The van der Waals surface area contributed by atoms with Gasteiger partial charge in [-0.25, -0.2) is 10.9 Å². The number of nitrogens with zero attached hydrogens (tertiary/aromatic N) is 1. The summed E-state index contributed by atoms with van der Waals surface area (Å²) in [5.41, 5.74) is 1.11. The molecule has 0 saturated carbocycles. The van der Waals surface area contributed by atoms with Crippen LogP contribution in [0.2, 0.25) is 0 Å². The van der Waals surface area contributed by atoms with Gasteiger partial charge in [-0.15, -0.1) is 0 Å². The molecule has 0 aliphatic rings. The zero-order valence-corrected chi connectivity index (χ0v) is 9.20. The van der Waals surface area contributed by atoms with Crippen molar-refractivity contribution < 1.29 is 9.59 Å². The summed E-state index contributed by atoms with van der Waals surface area (Å²) < 4.78 is 0. The van der Waals surface area contributed by atoms with E-state index in [1.807, 2.05) is 0 Å². The standard InChI is InChI=1S/C10H12N2O2S/c1-7(13)12(11)9-4-2-8(3-5-9)10(14)6-15/h2-5,15H,6,11H2,1H3. The van der Waals surface area contributed by atoms with E-state index in [0.717, 1.165) is 5.01 Å². The Morgan fingerprint density at radius 2 is 1.87 bits per heavy atom. The molecule has 0 spiro atoms. The van der Waals surface area contributed by atoms with E-state index in [1.165, 1.54) is 6.92 Å². The number of hydrazine groups is 1. The van der Waals surface area contributed by atoms with E-state index >= 15 is 0 Å². The summed E-state index contributed by atoms with van der Waals surface area (Å²) in [5, 5.41) is 1.02. The normalized spacial score (nSPS) is 9.80. The lowest BCUT2D eigenvalue weighted by Crippen LogP contribution is -2.35. The van der Waals surface area contributed by atoms with Crippen molar-refractivity contribution in [2.24, 2.45) is 5.84 Å². The van der Waals surface area contributed by atoms with E-state index in [2.05, 4.69) is 12.6 Å². The maximum atomic E-state index is 11.2. The Bertz CT molecular complexity index is 376. The molecule has 1 aromatic rings. The lowest BCUT2D eigenvalue weighted by molar-refractivity contribution is -0.116. The van der Waals surface area contributed by atoms with Gasteiger partial charge in [0.05, 0.1) is 11.4 Å². The fraction of sp³-hybridized carbons (Fsp3) is 0.200. The summed E-state index contributed by atoms with van der Waals surface area (Å²) in [7, 11) is 0. The van der Waals surface area contributed by atoms with Crippen LogP contribution in [0.15, 0.2) is 24.3 Å².